The number of ether oxygens (including phenoxy) is 3. The molecular weight excluding hydrogens is 446 g/mol. The Kier molecular flexibility index (Phi) is 7.48. The first-order valence-corrected chi connectivity index (χ1v) is 11.9. The first kappa shape index (κ1) is 24.4. The molecule has 1 saturated heterocycles. The Morgan fingerprint density at radius 3 is 2.20 bits per heavy atom. The molecular formula is C27H33N3O5. The van der Waals surface area contributed by atoms with Gasteiger partial charge in [0, 0.05) is 68.7 Å². The lowest BCUT2D eigenvalue weighted by Gasteiger charge is -2.34. The second kappa shape index (κ2) is 10.7. The van der Waals surface area contributed by atoms with E-state index in [1.807, 2.05) is 42.3 Å². The molecule has 0 bridgehead atoms. The number of hydrogen-bond acceptors (Lipinski definition) is 5. The van der Waals surface area contributed by atoms with Crippen LogP contribution in [0.25, 0.3) is 10.9 Å². The van der Waals surface area contributed by atoms with E-state index in [9.17, 15) is 9.59 Å². The van der Waals surface area contributed by atoms with E-state index in [2.05, 4.69) is 22.9 Å². The molecule has 1 atom stereocenters. The van der Waals surface area contributed by atoms with Gasteiger partial charge in [-0.25, -0.2) is 4.79 Å². The molecule has 4 rings (SSSR count). The molecule has 3 aromatic rings. The van der Waals surface area contributed by atoms with Gasteiger partial charge < -0.3 is 28.6 Å². The van der Waals surface area contributed by atoms with E-state index >= 15 is 0 Å². The number of nitrogens with zero attached hydrogens (tertiary/aromatic N) is 3. The molecule has 186 valence electrons. The van der Waals surface area contributed by atoms with Gasteiger partial charge in [-0.2, -0.15) is 0 Å². The number of para-hydroxylation sites is 1. The van der Waals surface area contributed by atoms with E-state index in [1.165, 1.54) is 0 Å². The fourth-order valence-electron chi connectivity index (χ4n) is 4.75. The first-order chi connectivity index (χ1) is 16.9. The molecule has 0 spiro atoms. The van der Waals surface area contributed by atoms with Crippen molar-refractivity contribution < 1.29 is 23.8 Å². The smallest absolute Gasteiger partial charge is 0.409 e. The lowest BCUT2D eigenvalue weighted by atomic mass is 9.87. The van der Waals surface area contributed by atoms with Crippen molar-refractivity contribution in [1.29, 1.82) is 0 Å². The number of rotatable bonds is 7. The highest BCUT2D eigenvalue weighted by atomic mass is 16.6. The number of benzene rings is 2. The summed E-state index contributed by atoms with van der Waals surface area (Å²) in [7, 11) is 5.27. The number of methoxy groups -OCH3 is 2. The third-order valence-corrected chi connectivity index (χ3v) is 6.62. The van der Waals surface area contributed by atoms with Crippen LogP contribution in [0.1, 0.15) is 30.4 Å². The molecule has 1 aromatic heterocycles. The van der Waals surface area contributed by atoms with Crippen molar-refractivity contribution in [3.63, 3.8) is 0 Å². The summed E-state index contributed by atoms with van der Waals surface area (Å²) in [6.07, 6.45) is 2.08. The number of carbonyl (C=O) groups is 2. The van der Waals surface area contributed by atoms with Crippen molar-refractivity contribution in [1.82, 2.24) is 14.4 Å². The van der Waals surface area contributed by atoms with Crippen molar-refractivity contribution >= 4 is 22.9 Å². The maximum absolute atomic E-state index is 13.5. The van der Waals surface area contributed by atoms with Gasteiger partial charge in [-0.05, 0) is 36.2 Å². The summed E-state index contributed by atoms with van der Waals surface area (Å²) in [5.74, 6) is 1.22. The largest absolute Gasteiger partial charge is 0.497 e. The van der Waals surface area contributed by atoms with Crippen LogP contribution in [-0.4, -0.2) is 73.4 Å². The number of hydrogen-bond donors (Lipinski definition) is 0. The number of aryl methyl sites for hydroxylation is 1. The fraction of sp³-hybridized carbons (Fsp3) is 0.407. The van der Waals surface area contributed by atoms with Gasteiger partial charge in [-0.1, -0.05) is 18.2 Å². The summed E-state index contributed by atoms with van der Waals surface area (Å²) in [4.78, 5) is 29.1. The molecule has 1 fully saturated rings. The summed E-state index contributed by atoms with van der Waals surface area (Å²) >= 11 is 0. The lowest BCUT2D eigenvalue weighted by Crippen LogP contribution is -2.50. The zero-order chi connectivity index (χ0) is 24.9. The average Bonchev–Trinajstić information content (AvgIpc) is 3.23. The van der Waals surface area contributed by atoms with Gasteiger partial charge >= 0.3 is 6.09 Å². The van der Waals surface area contributed by atoms with Gasteiger partial charge in [0.15, 0.2) is 0 Å². The second-order valence-corrected chi connectivity index (χ2v) is 8.68. The molecule has 8 heteroatoms. The van der Waals surface area contributed by atoms with E-state index < -0.39 is 0 Å². The van der Waals surface area contributed by atoms with Crippen LogP contribution in [-0.2, 0) is 16.6 Å². The molecule has 1 unspecified atom stereocenters. The van der Waals surface area contributed by atoms with Crippen molar-refractivity contribution in [2.45, 2.75) is 19.3 Å². The maximum atomic E-state index is 13.5. The summed E-state index contributed by atoms with van der Waals surface area (Å²) in [6.45, 7) is 4.04. The monoisotopic (exact) mass is 479 g/mol. The Balaban J connectivity index is 1.65. The van der Waals surface area contributed by atoms with Crippen LogP contribution in [0.4, 0.5) is 4.79 Å². The molecule has 2 heterocycles. The van der Waals surface area contributed by atoms with Crippen LogP contribution in [0.5, 0.6) is 11.5 Å². The predicted octanol–water partition coefficient (Wildman–Crippen LogP) is 4.02. The number of carbonyl (C=O) groups excluding carboxylic acids is 2. The molecule has 2 amide bonds. The standard InChI is InChI=1S/C27H33N3O5/c1-5-35-27(32)30-12-10-29(11-13-30)26(31)17-23(19-14-20(33-3)16-21(15-19)34-4)24-18-28(2)25-9-7-6-8-22(24)25/h6-9,14-16,18,23H,5,10-13,17H2,1-4H3. The molecule has 8 nitrogen and oxygen atoms in total. The third-order valence-electron chi connectivity index (χ3n) is 6.62. The number of fused-ring (bicyclic) bond motifs is 1. The van der Waals surface area contributed by atoms with Gasteiger partial charge in [-0.15, -0.1) is 0 Å². The molecule has 0 radical (unpaired) electrons. The molecule has 0 saturated carbocycles. The van der Waals surface area contributed by atoms with E-state index in [-0.39, 0.29) is 17.9 Å². The first-order valence-electron chi connectivity index (χ1n) is 11.9. The van der Waals surface area contributed by atoms with Crippen LogP contribution in [0.2, 0.25) is 0 Å². The molecule has 1 aliphatic rings. The van der Waals surface area contributed by atoms with E-state index in [0.717, 1.165) is 22.0 Å². The van der Waals surface area contributed by atoms with Crippen LogP contribution < -0.4 is 9.47 Å². The number of amides is 2. The molecule has 0 N–H and O–H groups in total. The lowest BCUT2D eigenvalue weighted by molar-refractivity contribution is -0.133. The van der Waals surface area contributed by atoms with Crippen molar-refractivity contribution in [2.75, 3.05) is 47.0 Å². The highest BCUT2D eigenvalue weighted by Gasteiger charge is 2.29. The minimum Gasteiger partial charge on any atom is -0.497 e. The number of piperazine rings is 1. The zero-order valence-corrected chi connectivity index (χ0v) is 20.8. The predicted molar refractivity (Wildman–Crippen MR) is 134 cm³/mol. The van der Waals surface area contributed by atoms with Crippen molar-refractivity contribution in [2.24, 2.45) is 7.05 Å². The fourth-order valence-corrected chi connectivity index (χ4v) is 4.75. The highest BCUT2D eigenvalue weighted by Crippen LogP contribution is 2.38. The summed E-state index contributed by atoms with van der Waals surface area (Å²) in [5.41, 5.74) is 3.14. The highest BCUT2D eigenvalue weighted by molar-refractivity contribution is 5.87. The van der Waals surface area contributed by atoms with Gasteiger partial charge in [0.05, 0.1) is 20.8 Å². The van der Waals surface area contributed by atoms with E-state index in [1.54, 1.807) is 26.0 Å². The SMILES string of the molecule is CCOC(=O)N1CCN(C(=O)CC(c2cc(OC)cc(OC)c2)c2cn(C)c3ccccc23)CC1. The second-order valence-electron chi connectivity index (χ2n) is 8.68. The summed E-state index contributed by atoms with van der Waals surface area (Å²) in [5, 5.41) is 1.11. The van der Waals surface area contributed by atoms with Crippen LogP contribution in [0, 0.1) is 0 Å². The number of aromatic nitrogens is 1. The van der Waals surface area contributed by atoms with Crippen LogP contribution in [0.3, 0.4) is 0 Å². The molecule has 35 heavy (non-hydrogen) atoms. The Morgan fingerprint density at radius 1 is 0.943 bits per heavy atom. The van der Waals surface area contributed by atoms with Gasteiger partial charge in [-0.3, -0.25) is 4.79 Å². The Morgan fingerprint density at radius 2 is 1.57 bits per heavy atom. The quantitative estimate of drug-likeness (QED) is 0.512. The van der Waals surface area contributed by atoms with Crippen molar-refractivity contribution in [3.05, 3.63) is 59.8 Å². The normalized spacial score (nSPS) is 14.6. The average molecular weight is 480 g/mol. The van der Waals surface area contributed by atoms with Gasteiger partial charge in [0.2, 0.25) is 5.91 Å². The van der Waals surface area contributed by atoms with Gasteiger partial charge in [0.25, 0.3) is 0 Å². The van der Waals surface area contributed by atoms with E-state index in [0.29, 0.717) is 50.7 Å². The van der Waals surface area contributed by atoms with Crippen molar-refractivity contribution in [3.8, 4) is 11.5 Å². The Bertz CT molecular complexity index is 1170. The minimum absolute atomic E-state index is 0.0493. The Labute approximate surface area is 206 Å². The molecule has 1 aliphatic heterocycles. The van der Waals surface area contributed by atoms with Gasteiger partial charge in [0.1, 0.15) is 11.5 Å². The zero-order valence-electron chi connectivity index (χ0n) is 20.8. The third kappa shape index (κ3) is 5.21. The summed E-state index contributed by atoms with van der Waals surface area (Å²) < 4.78 is 18.2. The molecule has 0 aliphatic carbocycles. The van der Waals surface area contributed by atoms with Crippen LogP contribution in [0.15, 0.2) is 48.7 Å². The molecule has 2 aromatic carbocycles. The Hall–Kier alpha value is -3.68. The minimum atomic E-state index is -0.322. The maximum Gasteiger partial charge on any atom is 0.409 e. The van der Waals surface area contributed by atoms with Crippen LogP contribution >= 0.6 is 0 Å². The topological polar surface area (TPSA) is 73.2 Å². The van der Waals surface area contributed by atoms with E-state index in [4.69, 9.17) is 14.2 Å². The summed E-state index contributed by atoms with van der Waals surface area (Å²) in [6, 6.07) is 14.0.